The van der Waals surface area contributed by atoms with Crippen LogP contribution in [0.4, 0.5) is 5.82 Å². The Hall–Kier alpha value is -1.53. The Balaban J connectivity index is 1.76. The average Bonchev–Trinajstić information content (AvgIpc) is 2.87. The molecule has 0 N–H and O–H groups in total. The molecule has 0 saturated carbocycles. The molecule has 0 amide bonds. The van der Waals surface area contributed by atoms with E-state index in [9.17, 15) is 0 Å². The molecule has 1 fully saturated rings. The van der Waals surface area contributed by atoms with E-state index >= 15 is 0 Å². The van der Waals surface area contributed by atoms with Gasteiger partial charge in [-0.3, -0.25) is 4.98 Å². The van der Waals surface area contributed by atoms with Gasteiger partial charge in [0.2, 0.25) is 0 Å². The van der Waals surface area contributed by atoms with E-state index in [0.717, 1.165) is 29.6 Å². The lowest BCUT2D eigenvalue weighted by molar-refractivity contribution is 0.0393. The molecule has 1 atom stereocenters. The summed E-state index contributed by atoms with van der Waals surface area (Å²) in [6.45, 7) is 4.33. The molecule has 5 nitrogen and oxygen atoms in total. The number of aryl methyl sites for hydroxylation is 1. The minimum atomic E-state index is 0.0412. The summed E-state index contributed by atoms with van der Waals surface area (Å²) in [7, 11) is 0. The molecule has 18 heavy (non-hydrogen) atoms. The second-order valence-corrected chi connectivity index (χ2v) is 5.09. The molecular weight excluding hydrogens is 248 g/mol. The third-order valence-corrected chi connectivity index (χ3v) is 3.91. The van der Waals surface area contributed by atoms with Crippen molar-refractivity contribution >= 4 is 17.2 Å². The van der Waals surface area contributed by atoms with Crippen molar-refractivity contribution < 1.29 is 4.74 Å². The molecule has 1 aliphatic heterocycles. The smallest absolute Gasteiger partial charge is 0.147 e. The Morgan fingerprint density at radius 2 is 2.39 bits per heavy atom. The van der Waals surface area contributed by atoms with Gasteiger partial charge in [0.1, 0.15) is 16.9 Å². The molecule has 2 aromatic heterocycles. The molecular formula is C12H14N4OS. The summed E-state index contributed by atoms with van der Waals surface area (Å²) in [5, 5.41) is 3.10. The summed E-state index contributed by atoms with van der Waals surface area (Å²) >= 11 is 1.65. The van der Waals surface area contributed by atoms with Crippen molar-refractivity contribution in [2.24, 2.45) is 0 Å². The number of aromatic nitrogens is 3. The fraction of sp³-hybridized carbons (Fsp3) is 0.417. The van der Waals surface area contributed by atoms with Gasteiger partial charge in [0.05, 0.1) is 19.3 Å². The van der Waals surface area contributed by atoms with E-state index in [1.165, 1.54) is 0 Å². The molecule has 2 aromatic rings. The first-order chi connectivity index (χ1) is 8.83. The molecule has 0 radical (unpaired) electrons. The summed E-state index contributed by atoms with van der Waals surface area (Å²) < 4.78 is 5.79. The normalized spacial score (nSPS) is 20.1. The van der Waals surface area contributed by atoms with Gasteiger partial charge in [-0.15, -0.1) is 11.3 Å². The van der Waals surface area contributed by atoms with Crippen molar-refractivity contribution in [1.82, 2.24) is 15.0 Å². The van der Waals surface area contributed by atoms with Crippen LogP contribution in [0.25, 0.3) is 0 Å². The maximum absolute atomic E-state index is 5.79. The van der Waals surface area contributed by atoms with Gasteiger partial charge in [0.25, 0.3) is 0 Å². The maximum atomic E-state index is 5.79. The lowest BCUT2D eigenvalue weighted by atomic mass is 10.3. The van der Waals surface area contributed by atoms with Crippen LogP contribution in [-0.4, -0.2) is 34.6 Å². The highest BCUT2D eigenvalue weighted by Gasteiger charge is 2.25. The zero-order valence-corrected chi connectivity index (χ0v) is 10.9. The van der Waals surface area contributed by atoms with Crippen LogP contribution in [0.3, 0.4) is 0 Å². The second kappa shape index (κ2) is 4.99. The zero-order valence-electron chi connectivity index (χ0n) is 10.1. The summed E-state index contributed by atoms with van der Waals surface area (Å²) in [4.78, 5) is 15.1. The van der Waals surface area contributed by atoms with Crippen molar-refractivity contribution in [3.63, 3.8) is 0 Å². The Morgan fingerprint density at radius 1 is 1.44 bits per heavy atom. The number of rotatable bonds is 2. The van der Waals surface area contributed by atoms with E-state index in [-0.39, 0.29) is 6.10 Å². The van der Waals surface area contributed by atoms with E-state index in [1.807, 2.05) is 6.92 Å². The average molecular weight is 262 g/mol. The summed E-state index contributed by atoms with van der Waals surface area (Å²) in [6.07, 6.45) is 5.23. The van der Waals surface area contributed by atoms with Gasteiger partial charge < -0.3 is 9.64 Å². The lowest BCUT2D eigenvalue weighted by Gasteiger charge is -2.32. The van der Waals surface area contributed by atoms with E-state index in [2.05, 4.69) is 25.2 Å². The van der Waals surface area contributed by atoms with E-state index in [0.29, 0.717) is 6.61 Å². The van der Waals surface area contributed by atoms with Gasteiger partial charge in [0, 0.05) is 30.0 Å². The molecule has 0 aromatic carbocycles. The molecule has 0 spiro atoms. The van der Waals surface area contributed by atoms with Gasteiger partial charge in [-0.25, -0.2) is 9.97 Å². The first kappa shape index (κ1) is 11.6. The molecule has 1 saturated heterocycles. The first-order valence-corrected chi connectivity index (χ1v) is 6.75. The topological polar surface area (TPSA) is 51.1 Å². The molecule has 0 bridgehead atoms. The monoisotopic (exact) mass is 262 g/mol. The fourth-order valence-electron chi connectivity index (χ4n) is 1.98. The van der Waals surface area contributed by atoms with Crippen LogP contribution in [-0.2, 0) is 4.74 Å². The minimum absolute atomic E-state index is 0.0412. The molecule has 3 heterocycles. The number of hydrogen-bond donors (Lipinski definition) is 0. The van der Waals surface area contributed by atoms with Crippen molar-refractivity contribution in [1.29, 1.82) is 0 Å². The van der Waals surface area contributed by atoms with Crippen molar-refractivity contribution in [2.75, 3.05) is 24.6 Å². The highest BCUT2D eigenvalue weighted by Crippen LogP contribution is 2.26. The van der Waals surface area contributed by atoms with Gasteiger partial charge in [0.15, 0.2) is 0 Å². The van der Waals surface area contributed by atoms with Gasteiger partial charge in [-0.2, -0.15) is 0 Å². The molecule has 0 aliphatic carbocycles. The molecule has 3 rings (SSSR count). The van der Waals surface area contributed by atoms with Crippen molar-refractivity contribution in [3.05, 3.63) is 34.7 Å². The lowest BCUT2D eigenvalue weighted by Crippen LogP contribution is -2.38. The summed E-state index contributed by atoms with van der Waals surface area (Å²) in [6, 6.07) is 0. The number of ether oxygens (including phenoxy) is 1. The third kappa shape index (κ3) is 2.34. The molecule has 1 aliphatic rings. The molecule has 94 valence electrons. The largest absolute Gasteiger partial charge is 0.367 e. The number of thiazole rings is 1. The number of anilines is 1. The summed E-state index contributed by atoms with van der Waals surface area (Å²) in [5.41, 5.74) is 1.05. The number of nitrogens with zero attached hydrogens (tertiary/aromatic N) is 4. The quantitative estimate of drug-likeness (QED) is 0.826. The summed E-state index contributed by atoms with van der Waals surface area (Å²) in [5.74, 6) is 0.902. The van der Waals surface area contributed by atoms with Crippen LogP contribution < -0.4 is 4.90 Å². The Morgan fingerprint density at radius 3 is 3.11 bits per heavy atom. The highest BCUT2D eigenvalue weighted by atomic mass is 32.1. The van der Waals surface area contributed by atoms with Crippen LogP contribution in [0.1, 0.15) is 16.8 Å². The predicted octanol–water partition coefficient (Wildman–Crippen LogP) is 1.82. The van der Waals surface area contributed by atoms with Crippen molar-refractivity contribution in [2.45, 2.75) is 13.0 Å². The van der Waals surface area contributed by atoms with Crippen LogP contribution in [0.15, 0.2) is 24.0 Å². The Kier molecular flexibility index (Phi) is 3.21. The third-order valence-electron chi connectivity index (χ3n) is 2.85. The van der Waals surface area contributed by atoms with E-state index in [1.54, 1.807) is 29.9 Å². The molecule has 6 heteroatoms. The van der Waals surface area contributed by atoms with Gasteiger partial charge in [-0.05, 0) is 6.92 Å². The van der Waals surface area contributed by atoms with E-state index in [4.69, 9.17) is 4.74 Å². The molecule has 0 unspecified atom stereocenters. The highest BCUT2D eigenvalue weighted by molar-refractivity contribution is 7.09. The zero-order chi connectivity index (χ0) is 12.4. The second-order valence-electron chi connectivity index (χ2n) is 4.20. The van der Waals surface area contributed by atoms with Crippen LogP contribution in [0, 0.1) is 6.92 Å². The van der Waals surface area contributed by atoms with E-state index < -0.39 is 0 Å². The minimum Gasteiger partial charge on any atom is -0.367 e. The van der Waals surface area contributed by atoms with Crippen LogP contribution in [0.2, 0.25) is 0 Å². The van der Waals surface area contributed by atoms with Crippen molar-refractivity contribution in [3.8, 4) is 0 Å². The maximum Gasteiger partial charge on any atom is 0.147 e. The Bertz CT molecular complexity index is 516. The Labute approximate surface area is 109 Å². The fourth-order valence-corrected chi connectivity index (χ4v) is 2.82. The van der Waals surface area contributed by atoms with Gasteiger partial charge in [-0.1, -0.05) is 0 Å². The van der Waals surface area contributed by atoms with Gasteiger partial charge >= 0.3 is 0 Å². The number of hydrogen-bond acceptors (Lipinski definition) is 6. The van der Waals surface area contributed by atoms with Crippen LogP contribution in [0.5, 0.6) is 0 Å². The number of morpholine rings is 1. The first-order valence-electron chi connectivity index (χ1n) is 5.87. The standard InChI is InChI=1S/C12H14N4OS/c1-9-8-18-12(15-9)10-7-16(4-5-17-10)11-6-13-2-3-14-11/h2-3,6,8,10H,4-5,7H2,1H3/t10-/m0/s1. The van der Waals surface area contributed by atoms with Crippen LogP contribution >= 0.6 is 11.3 Å². The SMILES string of the molecule is Cc1csc([C@@H]2CN(c3cnccn3)CCO2)n1. The predicted molar refractivity (Wildman–Crippen MR) is 69.8 cm³/mol.